The molecule has 0 bridgehead atoms. The van der Waals surface area contributed by atoms with Crippen molar-refractivity contribution in [3.8, 4) is 5.75 Å². The Balaban J connectivity index is 1.85. The molecule has 0 aliphatic carbocycles. The van der Waals surface area contributed by atoms with Crippen molar-refractivity contribution in [2.45, 2.75) is 19.4 Å². The van der Waals surface area contributed by atoms with Gasteiger partial charge >= 0.3 is 0 Å². The van der Waals surface area contributed by atoms with Crippen molar-refractivity contribution in [2.24, 2.45) is 0 Å². The molecule has 1 N–H and O–H groups in total. The average Bonchev–Trinajstić information content (AvgIpc) is 3.01. The lowest BCUT2D eigenvalue weighted by Gasteiger charge is -2.25. The average molecular weight is 407 g/mol. The van der Waals surface area contributed by atoms with Crippen LogP contribution in [0.2, 0.25) is 0 Å². The number of nitrogens with zero attached hydrogens (tertiary/aromatic N) is 1. The van der Waals surface area contributed by atoms with Gasteiger partial charge in [0.25, 0.3) is 5.91 Å². The second-order valence-corrected chi connectivity index (χ2v) is 7.89. The minimum atomic E-state index is -0.481. The topological polar surface area (TPSA) is 64.2 Å². The molecular formula is C24H27N2O4+. The minimum absolute atomic E-state index is 0.146. The molecule has 30 heavy (non-hydrogen) atoms. The monoisotopic (exact) mass is 407 g/mol. The van der Waals surface area contributed by atoms with E-state index in [1.54, 1.807) is 23.1 Å². The van der Waals surface area contributed by atoms with Crippen molar-refractivity contribution in [2.75, 3.05) is 33.8 Å². The number of ether oxygens (including phenoxy) is 1. The highest BCUT2D eigenvalue weighted by Gasteiger charge is 2.42. The first-order valence-corrected chi connectivity index (χ1v) is 10.4. The molecule has 2 heterocycles. The first-order chi connectivity index (χ1) is 14.5. The van der Waals surface area contributed by atoms with Gasteiger partial charge in [0.2, 0.25) is 5.76 Å². The molecule has 1 aliphatic heterocycles. The van der Waals surface area contributed by atoms with Crippen LogP contribution in [0.25, 0.3) is 11.0 Å². The molecule has 6 heteroatoms. The molecule has 0 fully saturated rings. The number of carbonyl (C=O) groups is 1. The molecule has 1 atom stereocenters. The Morgan fingerprint density at radius 2 is 1.90 bits per heavy atom. The Kier molecular flexibility index (Phi) is 5.59. The number of benzene rings is 2. The Hall–Kier alpha value is -3.12. The molecule has 1 aromatic heterocycles. The van der Waals surface area contributed by atoms with Gasteiger partial charge in [-0.25, -0.2) is 0 Å². The fraction of sp³-hybridized carbons (Fsp3) is 0.333. The number of para-hydroxylation sites is 1. The molecule has 0 saturated carbocycles. The van der Waals surface area contributed by atoms with E-state index in [2.05, 4.69) is 14.1 Å². The molecule has 1 amide bonds. The molecule has 3 aromatic rings. The fourth-order valence-electron chi connectivity index (χ4n) is 4.09. The summed E-state index contributed by atoms with van der Waals surface area (Å²) in [6, 6.07) is 14.2. The molecule has 0 spiro atoms. The van der Waals surface area contributed by atoms with Crippen LogP contribution in [0, 0.1) is 0 Å². The van der Waals surface area contributed by atoms with Gasteiger partial charge in [-0.1, -0.05) is 24.3 Å². The van der Waals surface area contributed by atoms with Gasteiger partial charge < -0.3 is 19.0 Å². The molecule has 6 nitrogen and oxygen atoms in total. The first kappa shape index (κ1) is 20.2. The van der Waals surface area contributed by atoms with Gasteiger partial charge in [-0.15, -0.1) is 0 Å². The standard InChI is InChI=1S/C24H26N2O4/c1-4-29-17-10-7-9-16(15-17)21-20-22(27)18-11-5-6-12-19(18)30-23(20)24(28)26(21)14-8-13-25(2)3/h5-7,9-12,15,21H,4,8,13-14H2,1-3H3/p+1/t21-/m0/s1. The van der Waals surface area contributed by atoms with Gasteiger partial charge in [-0.05, 0) is 36.8 Å². The van der Waals surface area contributed by atoms with E-state index in [0.717, 1.165) is 24.3 Å². The van der Waals surface area contributed by atoms with E-state index in [9.17, 15) is 9.59 Å². The second kappa shape index (κ2) is 8.32. The van der Waals surface area contributed by atoms with E-state index >= 15 is 0 Å². The zero-order valence-electron chi connectivity index (χ0n) is 17.6. The third-order valence-corrected chi connectivity index (χ3v) is 5.43. The molecule has 4 rings (SSSR count). The third kappa shape index (κ3) is 3.59. The summed E-state index contributed by atoms with van der Waals surface area (Å²) in [5.74, 6) is 0.648. The number of fused-ring (bicyclic) bond motifs is 2. The number of nitrogens with one attached hydrogen (secondary N) is 1. The molecular weight excluding hydrogens is 380 g/mol. The van der Waals surface area contributed by atoms with Gasteiger partial charge in [-0.3, -0.25) is 9.59 Å². The van der Waals surface area contributed by atoms with E-state index < -0.39 is 6.04 Å². The lowest BCUT2D eigenvalue weighted by Crippen LogP contribution is -3.05. The Bertz CT molecular complexity index is 1140. The van der Waals surface area contributed by atoms with Gasteiger partial charge in [0.1, 0.15) is 11.3 Å². The van der Waals surface area contributed by atoms with E-state index in [0.29, 0.717) is 29.7 Å². The number of amides is 1. The summed E-state index contributed by atoms with van der Waals surface area (Å²) in [5, 5.41) is 0.495. The molecule has 2 aromatic carbocycles. The summed E-state index contributed by atoms with van der Waals surface area (Å²) < 4.78 is 11.6. The molecule has 0 saturated heterocycles. The van der Waals surface area contributed by atoms with Crippen LogP contribution in [-0.2, 0) is 0 Å². The maximum Gasteiger partial charge on any atom is 0.290 e. The van der Waals surface area contributed by atoms with Gasteiger partial charge in [0.15, 0.2) is 5.43 Å². The summed E-state index contributed by atoms with van der Waals surface area (Å²) in [5.41, 5.74) is 1.57. The van der Waals surface area contributed by atoms with Gasteiger partial charge in [-0.2, -0.15) is 0 Å². The predicted molar refractivity (Wildman–Crippen MR) is 115 cm³/mol. The molecule has 1 aliphatic rings. The quantitative estimate of drug-likeness (QED) is 0.653. The van der Waals surface area contributed by atoms with Crippen LogP contribution >= 0.6 is 0 Å². The highest BCUT2D eigenvalue weighted by Crippen LogP contribution is 2.39. The van der Waals surface area contributed by atoms with Crippen LogP contribution in [0.5, 0.6) is 5.75 Å². The van der Waals surface area contributed by atoms with Crippen molar-refractivity contribution in [1.82, 2.24) is 4.90 Å². The first-order valence-electron chi connectivity index (χ1n) is 10.4. The highest BCUT2D eigenvalue weighted by molar-refractivity contribution is 5.99. The summed E-state index contributed by atoms with van der Waals surface area (Å²) in [6.45, 7) is 3.95. The summed E-state index contributed by atoms with van der Waals surface area (Å²) >= 11 is 0. The highest BCUT2D eigenvalue weighted by atomic mass is 16.5. The predicted octanol–water partition coefficient (Wildman–Crippen LogP) is 2.27. The van der Waals surface area contributed by atoms with Crippen LogP contribution in [0.15, 0.2) is 57.7 Å². The number of hydrogen-bond acceptors (Lipinski definition) is 4. The van der Waals surface area contributed by atoms with E-state index in [1.165, 1.54) is 4.90 Å². The molecule has 0 unspecified atom stereocenters. The Labute approximate surface area is 175 Å². The minimum Gasteiger partial charge on any atom is -0.494 e. The Morgan fingerprint density at radius 3 is 2.67 bits per heavy atom. The van der Waals surface area contributed by atoms with Crippen molar-refractivity contribution < 1.29 is 18.8 Å². The fourth-order valence-corrected chi connectivity index (χ4v) is 4.09. The van der Waals surface area contributed by atoms with Crippen LogP contribution < -0.4 is 15.1 Å². The van der Waals surface area contributed by atoms with Crippen LogP contribution in [0.1, 0.15) is 41.1 Å². The summed E-state index contributed by atoms with van der Waals surface area (Å²) in [6.07, 6.45) is 0.831. The smallest absolute Gasteiger partial charge is 0.290 e. The Morgan fingerprint density at radius 1 is 1.10 bits per heavy atom. The second-order valence-electron chi connectivity index (χ2n) is 7.89. The number of quaternary nitrogens is 1. The zero-order chi connectivity index (χ0) is 21.3. The number of carbonyl (C=O) groups excluding carboxylic acids is 1. The van der Waals surface area contributed by atoms with E-state index in [4.69, 9.17) is 9.15 Å². The molecule has 0 radical (unpaired) electrons. The molecule has 156 valence electrons. The van der Waals surface area contributed by atoms with Crippen LogP contribution in [-0.4, -0.2) is 44.6 Å². The number of hydrogen-bond donors (Lipinski definition) is 1. The number of rotatable bonds is 7. The maximum atomic E-state index is 13.4. The SMILES string of the molecule is CCOc1cccc([C@H]2c3c(oc4ccccc4c3=O)C(=O)N2CCC[NH+](C)C)c1. The third-order valence-electron chi connectivity index (χ3n) is 5.43. The maximum absolute atomic E-state index is 13.4. The zero-order valence-corrected chi connectivity index (χ0v) is 17.6. The lowest BCUT2D eigenvalue weighted by molar-refractivity contribution is -0.858. The van der Waals surface area contributed by atoms with Crippen LogP contribution in [0.3, 0.4) is 0 Å². The normalized spacial score (nSPS) is 15.8. The van der Waals surface area contributed by atoms with Crippen molar-refractivity contribution in [3.05, 3.63) is 75.6 Å². The summed E-state index contributed by atoms with van der Waals surface area (Å²) in [7, 11) is 4.17. The summed E-state index contributed by atoms with van der Waals surface area (Å²) in [4.78, 5) is 29.8. The largest absolute Gasteiger partial charge is 0.494 e. The van der Waals surface area contributed by atoms with Crippen LogP contribution in [0.4, 0.5) is 0 Å². The van der Waals surface area contributed by atoms with E-state index in [1.807, 2.05) is 37.3 Å². The van der Waals surface area contributed by atoms with Crippen molar-refractivity contribution >= 4 is 16.9 Å². The van der Waals surface area contributed by atoms with E-state index in [-0.39, 0.29) is 17.1 Å². The van der Waals surface area contributed by atoms with Crippen molar-refractivity contribution in [1.29, 1.82) is 0 Å². The van der Waals surface area contributed by atoms with Gasteiger partial charge in [0, 0.05) is 13.0 Å². The lowest BCUT2D eigenvalue weighted by atomic mass is 9.98. The van der Waals surface area contributed by atoms with Crippen molar-refractivity contribution in [3.63, 3.8) is 0 Å². The van der Waals surface area contributed by atoms with Gasteiger partial charge in [0.05, 0.1) is 44.2 Å².